The van der Waals surface area contributed by atoms with Gasteiger partial charge in [-0.25, -0.2) is 4.39 Å². The summed E-state index contributed by atoms with van der Waals surface area (Å²) in [4.78, 5) is 53.3. The van der Waals surface area contributed by atoms with Crippen LogP contribution in [0, 0.1) is 5.82 Å². The number of halogens is 1. The van der Waals surface area contributed by atoms with Crippen molar-refractivity contribution >= 4 is 56.3 Å². The number of carbonyl (C=O) groups is 3. The molecule has 5 aliphatic rings. The van der Waals surface area contributed by atoms with Crippen LogP contribution in [0.25, 0.3) is 32.8 Å². The van der Waals surface area contributed by atoms with Crippen LogP contribution in [0.1, 0.15) is 38.5 Å². The van der Waals surface area contributed by atoms with Crippen LogP contribution in [-0.2, 0) is 9.59 Å². The van der Waals surface area contributed by atoms with E-state index < -0.39 is 17.0 Å². The van der Waals surface area contributed by atoms with E-state index in [9.17, 15) is 19.5 Å². The second-order valence-electron chi connectivity index (χ2n) is 14.0. The normalized spacial score (nSPS) is 23.7. The van der Waals surface area contributed by atoms with Crippen LogP contribution in [0.2, 0.25) is 0 Å². The minimum atomic E-state index is -0.558. The maximum Gasteiger partial charge on any atom is 0.319 e. The smallest absolute Gasteiger partial charge is 0.319 e. The van der Waals surface area contributed by atoms with Crippen LogP contribution in [0.3, 0.4) is 0 Å². The van der Waals surface area contributed by atoms with Gasteiger partial charge in [-0.1, -0.05) is 30.3 Å². The molecular weight excluding hydrogens is 660 g/mol. The molecule has 0 radical (unpaired) electrons. The molecule has 11 nitrogen and oxygen atoms in total. The lowest BCUT2D eigenvalue weighted by Crippen LogP contribution is -2.55. The Labute approximate surface area is 291 Å². The van der Waals surface area contributed by atoms with Gasteiger partial charge in [-0.15, -0.1) is 0 Å². The molecule has 2 atom stereocenters. The molecule has 50 heavy (non-hydrogen) atoms. The highest BCUT2D eigenvalue weighted by Crippen LogP contribution is 2.42. The van der Waals surface area contributed by atoms with Crippen LogP contribution in [0.4, 0.5) is 15.0 Å². The molecule has 2 unspecified atom stereocenters. The maximum absolute atomic E-state index is 16.9. The van der Waals surface area contributed by atoms with Crippen molar-refractivity contribution in [3.05, 3.63) is 65.3 Å². The van der Waals surface area contributed by atoms with E-state index in [0.717, 1.165) is 74.1 Å². The topological polar surface area (TPSA) is 128 Å². The van der Waals surface area contributed by atoms with E-state index in [4.69, 9.17) is 14.7 Å². The van der Waals surface area contributed by atoms with Crippen molar-refractivity contribution in [2.75, 3.05) is 37.7 Å². The molecule has 3 aromatic carbocycles. The van der Waals surface area contributed by atoms with E-state index in [2.05, 4.69) is 15.1 Å². The zero-order valence-electron chi connectivity index (χ0n) is 27.2. The highest BCUT2D eigenvalue weighted by molar-refractivity contribution is 8.18. The Kier molecular flexibility index (Phi) is 7.46. The van der Waals surface area contributed by atoms with Gasteiger partial charge in [0.15, 0.2) is 5.82 Å². The highest BCUT2D eigenvalue weighted by atomic mass is 32.2. The second kappa shape index (κ2) is 11.9. The maximum atomic E-state index is 16.9. The Hall–Kier alpha value is -4.75. The predicted molar refractivity (Wildman–Crippen MR) is 187 cm³/mol. The number of phenolic OH excluding ortho intramolecular Hbond substituents is 1. The van der Waals surface area contributed by atoms with E-state index in [0.29, 0.717) is 42.0 Å². The summed E-state index contributed by atoms with van der Waals surface area (Å²) < 4.78 is 23.3. The SMILES string of the molecule is O=C1NC(=O)/C(=C/C(=O)N2C3CCC2CN(c2nc(OCC45CCCN4CCC5)nc4c(F)c(-c5cc(O)cc6ccccc56)ccc24)C3)S1. The fourth-order valence-electron chi connectivity index (χ4n) is 8.86. The molecule has 5 aliphatic heterocycles. The van der Waals surface area contributed by atoms with Crippen molar-refractivity contribution in [2.45, 2.75) is 56.1 Å². The first kappa shape index (κ1) is 31.2. The summed E-state index contributed by atoms with van der Waals surface area (Å²) in [6.45, 7) is 3.42. The Morgan fingerprint density at radius 2 is 1.78 bits per heavy atom. The number of phenols is 1. The number of imide groups is 1. The van der Waals surface area contributed by atoms with Crippen LogP contribution >= 0.6 is 11.8 Å². The van der Waals surface area contributed by atoms with Gasteiger partial charge in [0, 0.05) is 42.2 Å². The van der Waals surface area contributed by atoms with E-state index in [1.54, 1.807) is 23.1 Å². The number of hydrogen-bond donors (Lipinski definition) is 2. The lowest BCUT2D eigenvalue weighted by Gasteiger charge is -2.41. The molecule has 2 N–H and O–H groups in total. The summed E-state index contributed by atoms with van der Waals surface area (Å²) in [5.41, 5.74) is 0.946. The van der Waals surface area contributed by atoms with Gasteiger partial charge in [0.25, 0.3) is 11.1 Å². The minimum Gasteiger partial charge on any atom is -0.508 e. The lowest BCUT2D eigenvalue weighted by atomic mass is 9.95. The molecule has 1 aromatic heterocycles. The van der Waals surface area contributed by atoms with Gasteiger partial charge < -0.3 is 19.6 Å². The van der Waals surface area contributed by atoms with Gasteiger partial charge >= 0.3 is 6.01 Å². The largest absolute Gasteiger partial charge is 0.508 e. The third-order valence-electron chi connectivity index (χ3n) is 11.1. The fraction of sp³-hybridized carbons (Fsp3) is 0.378. The molecule has 4 aromatic rings. The summed E-state index contributed by atoms with van der Waals surface area (Å²) in [6, 6.07) is 14.1. The van der Waals surface area contributed by atoms with Gasteiger partial charge in [-0.3, -0.25) is 24.6 Å². The Balaban J connectivity index is 1.10. The van der Waals surface area contributed by atoms with Crippen molar-refractivity contribution in [1.82, 2.24) is 25.1 Å². The molecule has 9 rings (SSSR count). The molecule has 5 fully saturated rings. The first-order valence-electron chi connectivity index (χ1n) is 17.2. The number of benzene rings is 3. The van der Waals surface area contributed by atoms with Crippen molar-refractivity contribution in [3.8, 4) is 22.9 Å². The number of aromatic hydroxyl groups is 1. The standard InChI is InChI=1S/C37H35FN6O5S/c38-31-26(28-16-24(45)15-21-5-1-2-6-25(21)28)9-10-27-32(31)39-35(49-20-37-11-3-13-43(37)14-4-12-37)40-33(27)42-18-22-7-8-23(19-42)44(22)30(46)17-29-34(47)41-36(48)50-29/h1-2,5-6,9-10,15-17,22-23,45H,3-4,7-8,11-14,18-20H2,(H,41,47,48)/b29-17-. The van der Waals surface area contributed by atoms with E-state index in [1.165, 1.54) is 6.08 Å². The van der Waals surface area contributed by atoms with Crippen molar-refractivity contribution in [1.29, 1.82) is 0 Å². The first-order chi connectivity index (χ1) is 24.3. The minimum absolute atomic E-state index is 0.0415. The van der Waals surface area contributed by atoms with Crippen LogP contribution in [0.15, 0.2) is 59.5 Å². The number of nitrogens with one attached hydrogen (secondary N) is 1. The Morgan fingerprint density at radius 3 is 2.52 bits per heavy atom. The van der Waals surface area contributed by atoms with Crippen LogP contribution < -0.4 is 15.0 Å². The number of aromatic nitrogens is 2. The number of fused-ring (bicyclic) bond motifs is 5. The summed E-state index contributed by atoms with van der Waals surface area (Å²) in [5, 5.41) is 14.4. The Bertz CT molecular complexity index is 2120. The van der Waals surface area contributed by atoms with Crippen LogP contribution in [-0.4, -0.2) is 92.3 Å². The predicted octanol–water partition coefficient (Wildman–Crippen LogP) is 5.35. The molecule has 2 bridgehead atoms. The van der Waals surface area contributed by atoms with Gasteiger partial charge in [-0.2, -0.15) is 9.97 Å². The molecule has 13 heteroatoms. The summed E-state index contributed by atoms with van der Waals surface area (Å²) in [7, 11) is 0. The van der Waals surface area contributed by atoms with Gasteiger partial charge in [0.2, 0.25) is 5.91 Å². The summed E-state index contributed by atoms with van der Waals surface area (Å²) in [6.07, 6.45) is 7.11. The average Bonchev–Trinajstić information content (AvgIpc) is 3.84. The van der Waals surface area contributed by atoms with Crippen molar-refractivity contribution in [3.63, 3.8) is 0 Å². The van der Waals surface area contributed by atoms with Gasteiger partial charge in [0.1, 0.15) is 23.7 Å². The van der Waals surface area contributed by atoms with E-state index in [1.807, 2.05) is 30.3 Å². The molecule has 5 saturated heterocycles. The lowest BCUT2D eigenvalue weighted by molar-refractivity contribution is -0.129. The number of rotatable bonds is 6. The van der Waals surface area contributed by atoms with E-state index in [-0.39, 0.29) is 45.7 Å². The molecule has 6 heterocycles. The zero-order valence-corrected chi connectivity index (χ0v) is 28.0. The quantitative estimate of drug-likeness (QED) is 0.255. The van der Waals surface area contributed by atoms with Crippen LogP contribution in [0.5, 0.6) is 11.8 Å². The average molecular weight is 695 g/mol. The fourth-order valence-corrected chi connectivity index (χ4v) is 9.51. The summed E-state index contributed by atoms with van der Waals surface area (Å²) in [5.74, 6) is -0.801. The number of carbonyl (C=O) groups excluding carboxylic acids is 3. The first-order valence-corrected chi connectivity index (χ1v) is 18.0. The number of thioether (sulfide) groups is 1. The zero-order chi connectivity index (χ0) is 34.1. The second-order valence-corrected chi connectivity index (χ2v) is 15.0. The monoisotopic (exact) mass is 694 g/mol. The third kappa shape index (κ3) is 5.17. The highest BCUT2D eigenvalue weighted by Gasteiger charge is 2.46. The molecular formula is C37H35FN6O5S. The van der Waals surface area contributed by atoms with Gasteiger partial charge in [0.05, 0.1) is 10.4 Å². The van der Waals surface area contributed by atoms with Crippen molar-refractivity contribution in [2.24, 2.45) is 0 Å². The third-order valence-corrected chi connectivity index (χ3v) is 11.9. The summed E-state index contributed by atoms with van der Waals surface area (Å²) >= 11 is 0.731. The number of amides is 3. The number of piperazine rings is 1. The van der Waals surface area contributed by atoms with Crippen molar-refractivity contribution < 1.29 is 28.6 Å². The Morgan fingerprint density at radius 1 is 1.02 bits per heavy atom. The number of anilines is 1. The number of hydrogen-bond acceptors (Lipinski definition) is 10. The molecule has 256 valence electrons. The molecule has 0 spiro atoms. The molecule has 3 amide bonds. The molecule has 0 aliphatic carbocycles. The molecule has 0 saturated carbocycles. The van der Waals surface area contributed by atoms with Gasteiger partial charge in [-0.05, 0) is 97.9 Å². The van der Waals surface area contributed by atoms with E-state index >= 15 is 4.39 Å². The number of nitrogens with zero attached hydrogens (tertiary/aromatic N) is 5. The number of ether oxygens (including phenoxy) is 1.